The fourth-order valence-electron chi connectivity index (χ4n) is 4.44. The van der Waals surface area contributed by atoms with E-state index >= 15 is 0 Å². The lowest BCUT2D eigenvalue weighted by Crippen LogP contribution is -2.32. The van der Waals surface area contributed by atoms with Gasteiger partial charge in [0.25, 0.3) is 5.91 Å². The van der Waals surface area contributed by atoms with Gasteiger partial charge in [0.15, 0.2) is 0 Å². The standard InChI is InChI=1S/C28H26N6O3S2/c29-13-4-15-34(16-5-14-30)39(36,37)23-10-8-22(9-11-23)27(35)32-28-25(18-31)24-12-17-33(20-26(24)38-28)19-21-6-2-1-3-7-21/h1-3,6-11H,4-5,12,15-17,19-20H2,(H,32,35). The fraction of sp³-hybridized carbons (Fsp3) is 0.286. The van der Waals surface area contributed by atoms with Gasteiger partial charge in [0, 0.05) is 56.0 Å². The zero-order valence-electron chi connectivity index (χ0n) is 21.1. The van der Waals surface area contributed by atoms with Gasteiger partial charge in [0.1, 0.15) is 11.1 Å². The fourth-order valence-corrected chi connectivity index (χ4v) is 7.12. The molecule has 1 aliphatic heterocycles. The third kappa shape index (κ3) is 6.51. The summed E-state index contributed by atoms with van der Waals surface area (Å²) < 4.78 is 27.1. The molecule has 9 nitrogen and oxygen atoms in total. The Kier molecular flexibility index (Phi) is 9.08. The highest BCUT2D eigenvalue weighted by Crippen LogP contribution is 2.37. The Morgan fingerprint density at radius 3 is 2.28 bits per heavy atom. The number of benzene rings is 2. The normalized spacial score (nSPS) is 13.2. The van der Waals surface area contributed by atoms with Crippen molar-refractivity contribution in [2.45, 2.75) is 37.2 Å². The Balaban J connectivity index is 1.47. The van der Waals surface area contributed by atoms with Crippen LogP contribution in [-0.4, -0.2) is 43.2 Å². The average molecular weight is 559 g/mol. The number of anilines is 1. The van der Waals surface area contributed by atoms with E-state index in [2.05, 4.69) is 28.4 Å². The van der Waals surface area contributed by atoms with Crippen LogP contribution in [0.3, 0.4) is 0 Å². The van der Waals surface area contributed by atoms with Gasteiger partial charge in [0.2, 0.25) is 10.0 Å². The molecule has 198 valence electrons. The molecule has 2 aromatic carbocycles. The zero-order chi connectivity index (χ0) is 27.8. The summed E-state index contributed by atoms with van der Waals surface area (Å²) in [4.78, 5) is 16.4. The van der Waals surface area contributed by atoms with Crippen LogP contribution in [0.1, 0.15) is 44.8 Å². The topological polar surface area (TPSA) is 141 Å². The summed E-state index contributed by atoms with van der Waals surface area (Å²) in [6, 6.07) is 21.8. The molecule has 1 N–H and O–H groups in total. The van der Waals surface area contributed by atoms with Gasteiger partial charge in [0.05, 0.1) is 22.6 Å². The predicted octanol–water partition coefficient (Wildman–Crippen LogP) is 4.25. The number of nitriles is 3. The highest BCUT2D eigenvalue weighted by atomic mass is 32.2. The highest BCUT2D eigenvalue weighted by Gasteiger charge is 2.27. The summed E-state index contributed by atoms with van der Waals surface area (Å²) in [5.41, 5.74) is 2.91. The van der Waals surface area contributed by atoms with Gasteiger partial charge in [-0.2, -0.15) is 20.1 Å². The van der Waals surface area contributed by atoms with Crippen LogP contribution in [0.2, 0.25) is 0 Å². The van der Waals surface area contributed by atoms with E-state index in [1.807, 2.05) is 30.3 Å². The Hall–Kier alpha value is -4.05. The number of nitrogens with one attached hydrogen (secondary N) is 1. The molecular weight excluding hydrogens is 532 g/mol. The van der Waals surface area contributed by atoms with Crippen molar-refractivity contribution in [2.24, 2.45) is 0 Å². The van der Waals surface area contributed by atoms with Gasteiger partial charge in [-0.05, 0) is 41.8 Å². The maximum absolute atomic E-state index is 13.0. The summed E-state index contributed by atoms with van der Waals surface area (Å²) >= 11 is 1.40. The smallest absolute Gasteiger partial charge is 0.256 e. The number of thiophene rings is 1. The number of carbonyl (C=O) groups is 1. The van der Waals surface area contributed by atoms with Gasteiger partial charge in [-0.15, -0.1) is 11.3 Å². The molecule has 11 heteroatoms. The Labute approximate surface area is 232 Å². The number of hydrogen-bond acceptors (Lipinski definition) is 8. The van der Waals surface area contributed by atoms with E-state index < -0.39 is 15.9 Å². The first-order chi connectivity index (χ1) is 18.9. The summed E-state index contributed by atoms with van der Waals surface area (Å²) in [6.45, 7) is 2.27. The monoisotopic (exact) mass is 558 g/mol. The molecule has 0 radical (unpaired) electrons. The second kappa shape index (κ2) is 12.7. The summed E-state index contributed by atoms with van der Waals surface area (Å²) in [6.07, 6.45) is 0.723. The number of amides is 1. The molecular formula is C28H26N6O3S2. The SMILES string of the molecule is N#CCCN(CCC#N)S(=O)(=O)c1ccc(C(=O)Nc2sc3c(c2C#N)CCN(Cc2ccccc2)C3)cc1. The van der Waals surface area contributed by atoms with E-state index in [9.17, 15) is 18.5 Å². The molecule has 0 aliphatic carbocycles. The van der Waals surface area contributed by atoms with Crippen LogP contribution in [0.15, 0.2) is 59.5 Å². The molecule has 4 rings (SSSR count). The molecule has 2 heterocycles. The number of fused-ring (bicyclic) bond motifs is 1. The molecule has 0 unspecified atom stereocenters. The molecule has 1 amide bonds. The lowest BCUT2D eigenvalue weighted by Gasteiger charge is -2.26. The van der Waals surface area contributed by atoms with Crippen LogP contribution in [0, 0.1) is 34.0 Å². The predicted molar refractivity (Wildman–Crippen MR) is 147 cm³/mol. The maximum Gasteiger partial charge on any atom is 0.256 e. The molecule has 0 bridgehead atoms. The first-order valence-corrected chi connectivity index (χ1v) is 14.6. The maximum atomic E-state index is 13.0. The van der Waals surface area contributed by atoms with Crippen molar-refractivity contribution >= 4 is 32.3 Å². The number of rotatable bonds is 10. The minimum Gasteiger partial charge on any atom is -0.312 e. The van der Waals surface area contributed by atoms with E-state index in [1.165, 1.54) is 41.2 Å². The van der Waals surface area contributed by atoms with Crippen LogP contribution >= 0.6 is 11.3 Å². The van der Waals surface area contributed by atoms with Crippen molar-refractivity contribution in [3.05, 3.63) is 81.7 Å². The van der Waals surface area contributed by atoms with Crippen molar-refractivity contribution in [2.75, 3.05) is 25.0 Å². The second-order valence-corrected chi connectivity index (χ2v) is 12.0. The minimum absolute atomic E-state index is 0.00117. The average Bonchev–Trinajstić information content (AvgIpc) is 3.29. The largest absolute Gasteiger partial charge is 0.312 e. The van der Waals surface area contributed by atoms with Gasteiger partial charge in [-0.1, -0.05) is 30.3 Å². The molecule has 1 aliphatic rings. The molecule has 0 spiro atoms. The minimum atomic E-state index is -3.93. The molecule has 0 saturated heterocycles. The molecule has 39 heavy (non-hydrogen) atoms. The quantitative estimate of drug-likeness (QED) is 0.392. The van der Waals surface area contributed by atoms with E-state index in [0.29, 0.717) is 17.1 Å². The molecule has 0 saturated carbocycles. The van der Waals surface area contributed by atoms with Crippen LogP contribution in [0.5, 0.6) is 0 Å². The Bertz CT molecular complexity index is 1540. The number of hydrogen-bond donors (Lipinski definition) is 1. The van der Waals surface area contributed by atoms with E-state index in [-0.39, 0.29) is 36.4 Å². The third-order valence-corrected chi connectivity index (χ3v) is 9.47. The van der Waals surface area contributed by atoms with Gasteiger partial charge >= 0.3 is 0 Å². The van der Waals surface area contributed by atoms with Crippen molar-refractivity contribution in [3.63, 3.8) is 0 Å². The van der Waals surface area contributed by atoms with Gasteiger partial charge < -0.3 is 5.32 Å². The van der Waals surface area contributed by atoms with E-state index in [4.69, 9.17) is 10.5 Å². The van der Waals surface area contributed by atoms with E-state index in [0.717, 1.165) is 34.3 Å². The van der Waals surface area contributed by atoms with Crippen LogP contribution in [-0.2, 0) is 29.5 Å². The number of sulfonamides is 1. The molecule has 0 atom stereocenters. The first-order valence-electron chi connectivity index (χ1n) is 12.3. The lowest BCUT2D eigenvalue weighted by molar-refractivity contribution is 0.102. The molecule has 0 fully saturated rings. The van der Waals surface area contributed by atoms with Crippen LogP contribution in [0.4, 0.5) is 5.00 Å². The van der Waals surface area contributed by atoms with Gasteiger partial charge in [-0.25, -0.2) is 8.42 Å². The van der Waals surface area contributed by atoms with Crippen LogP contribution in [0.25, 0.3) is 0 Å². The van der Waals surface area contributed by atoms with Gasteiger partial charge in [-0.3, -0.25) is 9.69 Å². The second-order valence-electron chi connectivity index (χ2n) is 8.96. The van der Waals surface area contributed by atoms with Crippen molar-refractivity contribution in [1.29, 1.82) is 15.8 Å². The number of carbonyl (C=O) groups excluding carboxylic acids is 1. The summed E-state index contributed by atoms with van der Waals surface area (Å²) in [5.74, 6) is -0.444. The number of nitrogens with zero attached hydrogens (tertiary/aromatic N) is 5. The molecule has 3 aromatic rings. The van der Waals surface area contributed by atoms with Crippen molar-refractivity contribution in [1.82, 2.24) is 9.21 Å². The highest BCUT2D eigenvalue weighted by molar-refractivity contribution is 7.89. The van der Waals surface area contributed by atoms with Crippen molar-refractivity contribution in [3.8, 4) is 18.2 Å². The Morgan fingerprint density at radius 1 is 1.00 bits per heavy atom. The zero-order valence-corrected chi connectivity index (χ0v) is 22.8. The lowest BCUT2D eigenvalue weighted by atomic mass is 10.0. The van der Waals surface area contributed by atoms with Crippen LogP contribution < -0.4 is 5.32 Å². The molecule has 1 aromatic heterocycles. The summed E-state index contributed by atoms with van der Waals surface area (Å²) in [5, 5.41) is 30.9. The first kappa shape index (κ1) is 28.0. The Morgan fingerprint density at radius 2 is 1.67 bits per heavy atom. The summed E-state index contributed by atoms with van der Waals surface area (Å²) in [7, 11) is -3.93. The third-order valence-electron chi connectivity index (χ3n) is 6.42. The van der Waals surface area contributed by atoms with E-state index in [1.54, 1.807) is 0 Å². The van der Waals surface area contributed by atoms with Crippen molar-refractivity contribution < 1.29 is 13.2 Å².